The summed E-state index contributed by atoms with van der Waals surface area (Å²) in [6.45, 7) is 3.83. The Morgan fingerprint density at radius 2 is 2.07 bits per heavy atom. The molecule has 2 heterocycles. The number of rotatable bonds is 5. The van der Waals surface area contributed by atoms with Crippen molar-refractivity contribution in [3.8, 4) is 5.75 Å². The number of aryl methyl sites for hydroxylation is 3. The minimum absolute atomic E-state index is 0.0237. The average molecular weight is 388 g/mol. The number of aliphatic hydroxyl groups excluding tert-OH is 1. The monoisotopic (exact) mass is 387 g/mol. The van der Waals surface area contributed by atoms with Crippen molar-refractivity contribution in [2.24, 2.45) is 7.05 Å². The summed E-state index contributed by atoms with van der Waals surface area (Å²) in [6.07, 6.45) is 0.151. The van der Waals surface area contributed by atoms with Gasteiger partial charge in [0.25, 0.3) is 5.91 Å². The van der Waals surface area contributed by atoms with E-state index in [0.717, 1.165) is 16.3 Å². The summed E-state index contributed by atoms with van der Waals surface area (Å²) in [6, 6.07) is 3.71. The third-order valence-corrected chi connectivity index (χ3v) is 5.90. The fraction of sp³-hybridized carbons (Fsp3) is 0.400. The molecule has 3 rings (SSSR count). The SMILES string of the molecule is Cc1sccc1C(O)CCc1c(C(=O)N(C)C)cc2c(nc(C)n2C)c1O. The Kier molecular flexibility index (Phi) is 5.26. The molecule has 0 aliphatic rings. The highest BCUT2D eigenvalue weighted by Crippen LogP contribution is 2.35. The van der Waals surface area contributed by atoms with E-state index >= 15 is 0 Å². The number of aromatic hydroxyl groups is 1. The molecule has 1 amide bonds. The number of amides is 1. The molecule has 2 N–H and O–H groups in total. The molecule has 0 bridgehead atoms. The first kappa shape index (κ1) is 19.4. The normalized spacial score (nSPS) is 12.5. The van der Waals surface area contributed by atoms with Gasteiger partial charge in [-0.1, -0.05) is 0 Å². The van der Waals surface area contributed by atoms with Crippen LogP contribution in [-0.2, 0) is 13.5 Å². The molecule has 27 heavy (non-hydrogen) atoms. The summed E-state index contributed by atoms with van der Waals surface area (Å²) in [5.41, 5.74) is 3.08. The van der Waals surface area contributed by atoms with E-state index in [2.05, 4.69) is 4.98 Å². The minimum atomic E-state index is -0.640. The molecule has 1 unspecified atom stereocenters. The highest BCUT2D eigenvalue weighted by atomic mass is 32.1. The summed E-state index contributed by atoms with van der Waals surface area (Å²) in [7, 11) is 5.23. The van der Waals surface area contributed by atoms with Gasteiger partial charge in [0.2, 0.25) is 0 Å². The standard InChI is InChI=1S/C20H25N3O3S/c1-11-13(8-9-27-11)17(24)7-6-14-15(20(26)22(3)4)10-16-18(19(14)25)21-12(2)23(16)5/h8-10,17,24-25H,6-7H2,1-5H3. The molecule has 6 nitrogen and oxygen atoms in total. The van der Waals surface area contributed by atoms with Gasteiger partial charge >= 0.3 is 0 Å². The van der Waals surface area contributed by atoms with Crippen molar-refractivity contribution >= 4 is 28.3 Å². The largest absolute Gasteiger partial charge is 0.505 e. The average Bonchev–Trinajstić information content (AvgIpc) is 3.17. The van der Waals surface area contributed by atoms with Gasteiger partial charge in [-0.05, 0) is 49.8 Å². The fourth-order valence-electron chi connectivity index (χ4n) is 3.32. The van der Waals surface area contributed by atoms with E-state index < -0.39 is 6.10 Å². The van der Waals surface area contributed by atoms with E-state index in [1.807, 2.05) is 36.9 Å². The molecule has 0 fully saturated rings. The van der Waals surface area contributed by atoms with Crippen LogP contribution in [0.2, 0.25) is 0 Å². The Hall–Kier alpha value is -2.38. The molecule has 0 saturated heterocycles. The van der Waals surface area contributed by atoms with Gasteiger partial charge in [-0.3, -0.25) is 4.79 Å². The Labute approximate surface area is 162 Å². The van der Waals surface area contributed by atoms with Crippen LogP contribution in [0, 0.1) is 13.8 Å². The van der Waals surface area contributed by atoms with Gasteiger partial charge in [0, 0.05) is 37.1 Å². The van der Waals surface area contributed by atoms with Crippen LogP contribution >= 0.6 is 11.3 Å². The van der Waals surface area contributed by atoms with Crippen LogP contribution in [0.3, 0.4) is 0 Å². The number of aliphatic hydroxyl groups is 1. The van der Waals surface area contributed by atoms with Crippen LogP contribution in [0.15, 0.2) is 17.5 Å². The second-order valence-corrected chi connectivity index (χ2v) is 8.14. The molecular formula is C20H25N3O3S. The quantitative estimate of drug-likeness (QED) is 0.704. The number of carbonyl (C=O) groups is 1. The Morgan fingerprint density at radius 1 is 1.37 bits per heavy atom. The lowest BCUT2D eigenvalue weighted by Crippen LogP contribution is -2.23. The summed E-state index contributed by atoms with van der Waals surface area (Å²) in [5.74, 6) is 0.604. The molecule has 0 aliphatic carbocycles. The molecule has 0 saturated carbocycles. The Bertz CT molecular complexity index is 1000. The van der Waals surface area contributed by atoms with Crippen LogP contribution in [0.4, 0.5) is 0 Å². The molecule has 1 atom stereocenters. The maximum atomic E-state index is 12.7. The van der Waals surface area contributed by atoms with Crippen LogP contribution in [0.25, 0.3) is 11.0 Å². The molecule has 3 aromatic rings. The van der Waals surface area contributed by atoms with Crippen molar-refractivity contribution < 1.29 is 15.0 Å². The highest BCUT2D eigenvalue weighted by Gasteiger charge is 2.23. The van der Waals surface area contributed by atoms with Crippen molar-refractivity contribution in [1.29, 1.82) is 0 Å². The van der Waals surface area contributed by atoms with Crippen molar-refractivity contribution in [3.05, 3.63) is 44.9 Å². The number of aromatic nitrogens is 2. The van der Waals surface area contributed by atoms with Crippen LogP contribution in [-0.4, -0.2) is 44.7 Å². The molecule has 2 aromatic heterocycles. The van der Waals surface area contributed by atoms with Gasteiger partial charge < -0.3 is 19.7 Å². The van der Waals surface area contributed by atoms with Crippen molar-refractivity contribution in [1.82, 2.24) is 14.5 Å². The zero-order valence-corrected chi connectivity index (χ0v) is 17.1. The third kappa shape index (κ3) is 3.44. The number of fused-ring (bicyclic) bond motifs is 1. The third-order valence-electron chi connectivity index (χ3n) is 5.04. The second-order valence-electron chi connectivity index (χ2n) is 7.02. The number of thiophene rings is 1. The van der Waals surface area contributed by atoms with Crippen LogP contribution < -0.4 is 0 Å². The van der Waals surface area contributed by atoms with E-state index in [1.165, 1.54) is 4.90 Å². The number of benzene rings is 1. The zero-order valence-electron chi connectivity index (χ0n) is 16.3. The summed E-state index contributed by atoms with van der Waals surface area (Å²) in [4.78, 5) is 19.7. The van der Waals surface area contributed by atoms with Gasteiger partial charge in [0.15, 0.2) is 0 Å². The van der Waals surface area contributed by atoms with Gasteiger partial charge in [0.1, 0.15) is 17.1 Å². The van der Waals surface area contributed by atoms with Crippen LogP contribution in [0.1, 0.15) is 44.7 Å². The lowest BCUT2D eigenvalue weighted by Gasteiger charge is -2.17. The minimum Gasteiger partial charge on any atom is -0.505 e. The molecule has 1 aromatic carbocycles. The number of phenolic OH excluding ortho intramolecular Hbond substituents is 1. The lowest BCUT2D eigenvalue weighted by molar-refractivity contribution is 0.0825. The smallest absolute Gasteiger partial charge is 0.253 e. The molecular weight excluding hydrogens is 362 g/mol. The molecule has 0 spiro atoms. The fourth-order valence-corrected chi connectivity index (χ4v) is 4.08. The number of hydrogen-bond acceptors (Lipinski definition) is 5. The van der Waals surface area contributed by atoms with Crippen molar-refractivity contribution in [3.63, 3.8) is 0 Å². The van der Waals surface area contributed by atoms with Gasteiger partial charge in [-0.25, -0.2) is 4.98 Å². The predicted octanol–water partition coefficient (Wildman–Crippen LogP) is 3.33. The maximum absolute atomic E-state index is 12.7. The maximum Gasteiger partial charge on any atom is 0.253 e. The number of nitrogens with zero attached hydrogens (tertiary/aromatic N) is 3. The van der Waals surface area contributed by atoms with E-state index in [0.29, 0.717) is 35.0 Å². The zero-order chi connectivity index (χ0) is 19.9. The number of imidazole rings is 1. The molecule has 0 radical (unpaired) electrons. The highest BCUT2D eigenvalue weighted by molar-refractivity contribution is 7.10. The summed E-state index contributed by atoms with van der Waals surface area (Å²) in [5, 5.41) is 23.4. The van der Waals surface area contributed by atoms with E-state index in [9.17, 15) is 15.0 Å². The predicted molar refractivity (Wildman–Crippen MR) is 107 cm³/mol. The number of phenols is 1. The van der Waals surface area contributed by atoms with Crippen molar-refractivity contribution in [2.75, 3.05) is 14.1 Å². The van der Waals surface area contributed by atoms with Gasteiger partial charge in [0.05, 0.1) is 11.6 Å². The number of hydrogen-bond donors (Lipinski definition) is 2. The first-order chi connectivity index (χ1) is 12.7. The first-order valence-corrected chi connectivity index (χ1v) is 9.71. The van der Waals surface area contributed by atoms with Crippen LogP contribution in [0.5, 0.6) is 5.75 Å². The van der Waals surface area contributed by atoms with Crippen molar-refractivity contribution in [2.45, 2.75) is 32.8 Å². The Balaban J connectivity index is 2.04. The second kappa shape index (κ2) is 7.32. The first-order valence-electron chi connectivity index (χ1n) is 8.84. The molecule has 7 heteroatoms. The summed E-state index contributed by atoms with van der Waals surface area (Å²) < 4.78 is 1.86. The van der Waals surface area contributed by atoms with E-state index in [-0.39, 0.29) is 11.7 Å². The van der Waals surface area contributed by atoms with Gasteiger partial charge in [-0.15, -0.1) is 11.3 Å². The molecule has 144 valence electrons. The number of carbonyl (C=O) groups excluding carboxylic acids is 1. The Morgan fingerprint density at radius 3 is 2.67 bits per heavy atom. The topological polar surface area (TPSA) is 78.6 Å². The molecule has 0 aliphatic heterocycles. The van der Waals surface area contributed by atoms with E-state index in [4.69, 9.17) is 0 Å². The summed E-state index contributed by atoms with van der Waals surface area (Å²) >= 11 is 1.59. The van der Waals surface area contributed by atoms with E-state index in [1.54, 1.807) is 31.5 Å². The van der Waals surface area contributed by atoms with Gasteiger partial charge in [-0.2, -0.15) is 0 Å². The lowest BCUT2D eigenvalue weighted by atomic mass is 9.96.